The van der Waals surface area contributed by atoms with Gasteiger partial charge in [0.2, 0.25) is 5.91 Å². The summed E-state index contributed by atoms with van der Waals surface area (Å²) in [5, 5.41) is 9.12. The molecule has 1 saturated heterocycles. The second kappa shape index (κ2) is 2.58. The second-order valence-corrected chi connectivity index (χ2v) is 2.91. The van der Waals surface area contributed by atoms with E-state index in [0.29, 0.717) is 6.54 Å². The Morgan fingerprint density at radius 1 is 1.70 bits per heavy atom. The first-order valence-electron chi connectivity index (χ1n) is 3.56. The van der Waals surface area contributed by atoms with Gasteiger partial charge in [0.05, 0.1) is 6.10 Å². The van der Waals surface area contributed by atoms with Crippen LogP contribution in [0.3, 0.4) is 0 Å². The van der Waals surface area contributed by atoms with E-state index in [1.807, 2.05) is 6.92 Å². The Balaban J connectivity index is 2.54. The van der Waals surface area contributed by atoms with E-state index in [1.165, 1.54) is 6.92 Å². The predicted molar refractivity (Wildman–Crippen MR) is 37.5 cm³/mol. The Kier molecular flexibility index (Phi) is 1.94. The summed E-state index contributed by atoms with van der Waals surface area (Å²) in [6.07, 6.45) is 0.415. The smallest absolute Gasteiger partial charge is 0.219 e. The summed E-state index contributed by atoms with van der Waals surface area (Å²) >= 11 is 0. The minimum Gasteiger partial charge on any atom is -0.391 e. The SMILES string of the molecule is CC(=O)N1CC(O)C[C@H]1C. The highest BCUT2D eigenvalue weighted by Crippen LogP contribution is 2.16. The molecule has 1 aliphatic rings. The fourth-order valence-electron chi connectivity index (χ4n) is 1.44. The molecule has 0 aromatic rings. The standard InChI is InChI=1S/C7H13NO2/c1-5-3-7(10)4-8(5)6(2)9/h5,7,10H,3-4H2,1-2H3/t5-,7?/m1/s1. The molecule has 10 heavy (non-hydrogen) atoms. The Morgan fingerprint density at radius 2 is 2.30 bits per heavy atom. The van der Waals surface area contributed by atoms with Crippen molar-refractivity contribution in [3.8, 4) is 0 Å². The third kappa shape index (κ3) is 1.29. The highest BCUT2D eigenvalue weighted by Gasteiger charge is 2.28. The summed E-state index contributed by atoms with van der Waals surface area (Å²) in [4.78, 5) is 12.5. The Morgan fingerprint density at radius 3 is 2.50 bits per heavy atom. The third-order valence-electron chi connectivity index (χ3n) is 1.96. The number of β-amino-alcohol motifs (C(OH)–C–C–N with tert-alkyl or cyclic N) is 1. The van der Waals surface area contributed by atoms with Crippen LogP contribution in [-0.2, 0) is 4.79 Å². The van der Waals surface area contributed by atoms with E-state index >= 15 is 0 Å². The lowest BCUT2D eigenvalue weighted by Crippen LogP contribution is -2.32. The topological polar surface area (TPSA) is 40.5 Å². The van der Waals surface area contributed by atoms with Gasteiger partial charge in [-0.1, -0.05) is 0 Å². The van der Waals surface area contributed by atoms with Gasteiger partial charge >= 0.3 is 0 Å². The van der Waals surface area contributed by atoms with E-state index in [0.717, 1.165) is 6.42 Å². The molecule has 1 unspecified atom stereocenters. The molecule has 2 atom stereocenters. The molecule has 1 heterocycles. The minimum absolute atomic E-state index is 0.0593. The highest BCUT2D eigenvalue weighted by atomic mass is 16.3. The van der Waals surface area contributed by atoms with Crippen molar-refractivity contribution in [1.82, 2.24) is 4.90 Å². The molecule has 0 aliphatic carbocycles. The van der Waals surface area contributed by atoms with E-state index in [2.05, 4.69) is 0 Å². The number of likely N-dealkylation sites (tertiary alicyclic amines) is 1. The van der Waals surface area contributed by atoms with E-state index in [1.54, 1.807) is 4.90 Å². The average molecular weight is 143 g/mol. The molecule has 3 nitrogen and oxygen atoms in total. The van der Waals surface area contributed by atoms with Crippen LogP contribution in [0.1, 0.15) is 20.3 Å². The number of rotatable bonds is 0. The zero-order valence-corrected chi connectivity index (χ0v) is 6.37. The van der Waals surface area contributed by atoms with Gasteiger partial charge in [0.1, 0.15) is 0 Å². The molecule has 0 bridgehead atoms. The number of hydrogen-bond acceptors (Lipinski definition) is 2. The fourth-order valence-corrected chi connectivity index (χ4v) is 1.44. The molecular weight excluding hydrogens is 130 g/mol. The number of aliphatic hydroxyl groups excluding tert-OH is 1. The van der Waals surface area contributed by atoms with Gasteiger partial charge in [0.25, 0.3) is 0 Å². The van der Waals surface area contributed by atoms with Crippen molar-refractivity contribution >= 4 is 5.91 Å². The van der Waals surface area contributed by atoms with Crippen LogP contribution in [0.4, 0.5) is 0 Å². The molecule has 1 fully saturated rings. The third-order valence-corrected chi connectivity index (χ3v) is 1.96. The zero-order chi connectivity index (χ0) is 7.72. The van der Waals surface area contributed by atoms with Gasteiger partial charge in [-0.3, -0.25) is 4.79 Å². The van der Waals surface area contributed by atoms with Crippen molar-refractivity contribution < 1.29 is 9.90 Å². The molecule has 1 N–H and O–H groups in total. The number of nitrogens with zero attached hydrogens (tertiary/aromatic N) is 1. The van der Waals surface area contributed by atoms with Crippen molar-refractivity contribution in [3.05, 3.63) is 0 Å². The van der Waals surface area contributed by atoms with Crippen molar-refractivity contribution in [1.29, 1.82) is 0 Å². The molecule has 1 rings (SSSR count). The summed E-state index contributed by atoms with van der Waals surface area (Å²) in [5.74, 6) is 0.0593. The van der Waals surface area contributed by atoms with Crippen molar-refractivity contribution in [2.45, 2.75) is 32.4 Å². The molecular formula is C7H13NO2. The average Bonchev–Trinajstić information content (AvgIpc) is 2.10. The van der Waals surface area contributed by atoms with Crippen molar-refractivity contribution in [2.75, 3.05) is 6.54 Å². The molecule has 0 aromatic carbocycles. The summed E-state index contributed by atoms with van der Waals surface area (Å²) in [7, 11) is 0. The first kappa shape index (κ1) is 7.54. The van der Waals surface area contributed by atoms with E-state index < -0.39 is 0 Å². The van der Waals surface area contributed by atoms with Crippen LogP contribution in [0.5, 0.6) is 0 Å². The van der Waals surface area contributed by atoms with Gasteiger partial charge in [-0.15, -0.1) is 0 Å². The monoisotopic (exact) mass is 143 g/mol. The summed E-state index contributed by atoms with van der Waals surface area (Å²) in [5.41, 5.74) is 0. The first-order valence-corrected chi connectivity index (χ1v) is 3.56. The molecule has 0 saturated carbocycles. The maximum Gasteiger partial charge on any atom is 0.219 e. The van der Waals surface area contributed by atoms with Crippen LogP contribution in [0, 0.1) is 0 Å². The summed E-state index contributed by atoms with van der Waals surface area (Å²) in [6, 6.07) is 0.215. The van der Waals surface area contributed by atoms with Gasteiger partial charge in [-0.25, -0.2) is 0 Å². The quantitative estimate of drug-likeness (QED) is 0.518. The zero-order valence-electron chi connectivity index (χ0n) is 6.37. The molecule has 3 heteroatoms. The maximum atomic E-state index is 10.8. The summed E-state index contributed by atoms with van der Waals surface area (Å²) < 4.78 is 0. The van der Waals surface area contributed by atoms with Crippen molar-refractivity contribution in [3.63, 3.8) is 0 Å². The maximum absolute atomic E-state index is 10.8. The van der Waals surface area contributed by atoms with Crippen LogP contribution < -0.4 is 0 Å². The van der Waals surface area contributed by atoms with Gasteiger partial charge in [-0.2, -0.15) is 0 Å². The van der Waals surface area contributed by atoms with Gasteiger partial charge in [0.15, 0.2) is 0 Å². The molecule has 0 spiro atoms. The fraction of sp³-hybridized carbons (Fsp3) is 0.857. The molecule has 0 radical (unpaired) electrons. The number of aliphatic hydroxyl groups is 1. The van der Waals surface area contributed by atoms with Gasteiger partial charge in [0, 0.05) is 19.5 Å². The molecule has 0 aromatic heterocycles. The van der Waals surface area contributed by atoms with Crippen LogP contribution in [0.25, 0.3) is 0 Å². The first-order chi connectivity index (χ1) is 4.61. The highest BCUT2D eigenvalue weighted by molar-refractivity contribution is 5.73. The van der Waals surface area contributed by atoms with Crippen LogP contribution in [0.15, 0.2) is 0 Å². The number of hydrogen-bond donors (Lipinski definition) is 1. The number of amides is 1. The van der Waals surface area contributed by atoms with Crippen LogP contribution in [0.2, 0.25) is 0 Å². The lowest BCUT2D eigenvalue weighted by molar-refractivity contribution is -0.129. The lowest BCUT2D eigenvalue weighted by Gasteiger charge is -2.18. The van der Waals surface area contributed by atoms with Gasteiger partial charge in [-0.05, 0) is 13.3 Å². The Labute approximate surface area is 60.6 Å². The Bertz CT molecular complexity index is 147. The molecule has 1 aliphatic heterocycles. The lowest BCUT2D eigenvalue weighted by atomic mass is 10.2. The largest absolute Gasteiger partial charge is 0.391 e. The predicted octanol–water partition coefficient (Wildman–Crippen LogP) is -0.0120. The minimum atomic E-state index is -0.307. The van der Waals surface area contributed by atoms with Gasteiger partial charge < -0.3 is 10.0 Å². The number of carbonyl (C=O) groups is 1. The van der Waals surface area contributed by atoms with Crippen molar-refractivity contribution in [2.24, 2.45) is 0 Å². The number of carbonyl (C=O) groups excluding carboxylic acids is 1. The normalized spacial score (nSPS) is 32.9. The van der Waals surface area contributed by atoms with E-state index in [-0.39, 0.29) is 18.1 Å². The molecule has 1 amide bonds. The van der Waals surface area contributed by atoms with E-state index in [9.17, 15) is 4.79 Å². The van der Waals surface area contributed by atoms with Crippen LogP contribution >= 0.6 is 0 Å². The second-order valence-electron chi connectivity index (χ2n) is 2.91. The van der Waals surface area contributed by atoms with Crippen LogP contribution in [-0.4, -0.2) is 34.6 Å². The Hall–Kier alpha value is -0.570. The van der Waals surface area contributed by atoms with E-state index in [4.69, 9.17) is 5.11 Å². The summed E-state index contributed by atoms with van der Waals surface area (Å²) in [6.45, 7) is 4.00. The molecule has 58 valence electrons.